The lowest BCUT2D eigenvalue weighted by atomic mass is 9.94. The number of ether oxygens (including phenoxy) is 2. The molecule has 0 spiro atoms. The molecule has 1 aliphatic heterocycles. The number of alkyl halides is 5. The van der Waals surface area contributed by atoms with Gasteiger partial charge in [-0.05, 0) is 54.1 Å². The highest BCUT2D eigenvalue weighted by molar-refractivity contribution is 6.07. The molecule has 1 aliphatic rings. The summed E-state index contributed by atoms with van der Waals surface area (Å²) in [7, 11) is 0. The van der Waals surface area contributed by atoms with Crippen LogP contribution >= 0.6 is 0 Å². The molecule has 2 heterocycles. The number of carbonyl (C=O) groups excluding carboxylic acids is 1. The number of hydrazone groups is 1. The second-order valence-electron chi connectivity index (χ2n) is 7.43. The third kappa shape index (κ3) is 6.23. The fraction of sp³-hybridized carbons (Fsp3) is 0.174. The van der Waals surface area contributed by atoms with Crippen LogP contribution in [0.25, 0.3) is 0 Å². The molecule has 4 rings (SSSR count). The number of aromatic nitrogens is 1. The van der Waals surface area contributed by atoms with E-state index < -0.39 is 36.5 Å². The van der Waals surface area contributed by atoms with Crippen LogP contribution in [-0.2, 0) is 0 Å². The predicted octanol–water partition coefficient (Wildman–Crippen LogP) is 5.76. The number of nitrogens with zero attached hydrogens (tertiary/aromatic N) is 3. The van der Waals surface area contributed by atoms with Crippen molar-refractivity contribution in [1.82, 2.24) is 9.99 Å². The maximum Gasteiger partial charge on any atom is 0.573 e. The van der Waals surface area contributed by atoms with Crippen LogP contribution in [0.5, 0.6) is 11.5 Å². The van der Waals surface area contributed by atoms with Crippen LogP contribution in [0.2, 0.25) is 0 Å². The van der Waals surface area contributed by atoms with Crippen LogP contribution in [0, 0.1) is 5.82 Å². The van der Waals surface area contributed by atoms with Crippen molar-refractivity contribution in [3.63, 3.8) is 0 Å². The zero-order chi connectivity index (χ0) is 25.9. The van der Waals surface area contributed by atoms with E-state index in [9.17, 15) is 31.1 Å². The topological polar surface area (TPSA) is 76.0 Å². The van der Waals surface area contributed by atoms with Crippen molar-refractivity contribution in [3.8, 4) is 11.5 Å². The molecule has 2 aromatic carbocycles. The minimum absolute atomic E-state index is 0.00410. The second kappa shape index (κ2) is 10.1. The largest absolute Gasteiger partial charge is 0.573 e. The van der Waals surface area contributed by atoms with Gasteiger partial charge < -0.3 is 14.8 Å². The minimum atomic E-state index is -4.85. The molecule has 0 radical (unpaired) electrons. The van der Waals surface area contributed by atoms with Crippen molar-refractivity contribution in [2.24, 2.45) is 5.10 Å². The van der Waals surface area contributed by atoms with E-state index in [1.165, 1.54) is 48.5 Å². The van der Waals surface area contributed by atoms with Gasteiger partial charge in [-0.1, -0.05) is 12.1 Å². The van der Waals surface area contributed by atoms with Gasteiger partial charge in [0.25, 0.3) is 0 Å². The Morgan fingerprint density at radius 2 is 1.67 bits per heavy atom. The van der Waals surface area contributed by atoms with Gasteiger partial charge in [0.15, 0.2) is 0 Å². The number of anilines is 1. The maximum absolute atomic E-state index is 13.4. The Hall–Kier alpha value is -4.29. The van der Waals surface area contributed by atoms with Crippen LogP contribution in [-0.4, -0.2) is 41.3 Å². The molecule has 1 unspecified atom stereocenters. The number of rotatable bonds is 6. The average molecular weight is 510 g/mol. The van der Waals surface area contributed by atoms with Crippen molar-refractivity contribution in [3.05, 3.63) is 83.9 Å². The summed E-state index contributed by atoms with van der Waals surface area (Å²) in [6.07, 6.45) is -3.74. The van der Waals surface area contributed by atoms with Crippen LogP contribution in [0.4, 0.5) is 36.8 Å². The van der Waals surface area contributed by atoms with E-state index in [0.29, 0.717) is 17.0 Å². The summed E-state index contributed by atoms with van der Waals surface area (Å²) in [5, 5.41) is 7.92. The summed E-state index contributed by atoms with van der Waals surface area (Å²) in [6.45, 7) is -3.02. The molecule has 2 amide bonds. The first kappa shape index (κ1) is 24.8. The van der Waals surface area contributed by atoms with E-state index in [-0.39, 0.29) is 18.0 Å². The standard InChI is InChI=1S/C23H16F6N4O3/c24-14-3-1-13(2-4-14)20-18(19-10-9-17(11-30-19)35-21(25)26)12-33(32-20)22(34)31-15-5-7-16(8-6-15)36-23(27,28)29/h1-11,18,21H,12H2,(H,31,34). The van der Waals surface area contributed by atoms with E-state index in [1.807, 2.05) is 0 Å². The number of hydrogen-bond acceptors (Lipinski definition) is 5. The Bertz CT molecular complexity index is 1230. The summed E-state index contributed by atoms with van der Waals surface area (Å²) in [5.41, 5.74) is 1.45. The zero-order valence-corrected chi connectivity index (χ0v) is 18.0. The van der Waals surface area contributed by atoms with Crippen LogP contribution in [0.3, 0.4) is 0 Å². The van der Waals surface area contributed by atoms with Crippen molar-refractivity contribution in [1.29, 1.82) is 0 Å². The molecule has 13 heteroatoms. The molecule has 3 aromatic rings. The van der Waals surface area contributed by atoms with Gasteiger partial charge >= 0.3 is 19.0 Å². The van der Waals surface area contributed by atoms with E-state index in [1.54, 1.807) is 0 Å². The van der Waals surface area contributed by atoms with Crippen LogP contribution in [0.1, 0.15) is 17.2 Å². The van der Waals surface area contributed by atoms with Crippen molar-refractivity contribution >= 4 is 17.4 Å². The van der Waals surface area contributed by atoms with Gasteiger partial charge in [0, 0.05) is 5.69 Å². The molecule has 36 heavy (non-hydrogen) atoms. The Morgan fingerprint density at radius 1 is 1.00 bits per heavy atom. The summed E-state index contributed by atoms with van der Waals surface area (Å²) in [5.74, 6) is -1.68. The van der Waals surface area contributed by atoms with Crippen molar-refractivity contribution in [2.75, 3.05) is 11.9 Å². The van der Waals surface area contributed by atoms with E-state index in [0.717, 1.165) is 23.3 Å². The highest BCUT2D eigenvalue weighted by atomic mass is 19.4. The smallest absolute Gasteiger partial charge is 0.433 e. The van der Waals surface area contributed by atoms with Crippen LogP contribution in [0.15, 0.2) is 72.0 Å². The normalized spacial score (nSPS) is 15.6. The molecular weight excluding hydrogens is 494 g/mol. The number of urea groups is 1. The fourth-order valence-corrected chi connectivity index (χ4v) is 3.44. The predicted molar refractivity (Wildman–Crippen MR) is 115 cm³/mol. The first-order valence-electron chi connectivity index (χ1n) is 10.3. The second-order valence-corrected chi connectivity index (χ2v) is 7.43. The number of halogens is 6. The first-order valence-corrected chi connectivity index (χ1v) is 10.3. The third-order valence-electron chi connectivity index (χ3n) is 4.97. The third-order valence-corrected chi connectivity index (χ3v) is 4.97. The van der Waals surface area contributed by atoms with Crippen LogP contribution < -0.4 is 14.8 Å². The first-order chi connectivity index (χ1) is 17.1. The van der Waals surface area contributed by atoms with Gasteiger partial charge in [0.05, 0.1) is 30.1 Å². The Balaban J connectivity index is 1.54. The zero-order valence-electron chi connectivity index (χ0n) is 18.0. The molecule has 188 valence electrons. The number of hydrogen-bond donors (Lipinski definition) is 1. The number of amides is 2. The van der Waals surface area contributed by atoms with E-state index >= 15 is 0 Å². The van der Waals surface area contributed by atoms with E-state index in [2.05, 4.69) is 24.9 Å². The highest BCUT2D eigenvalue weighted by Crippen LogP contribution is 2.30. The monoisotopic (exact) mass is 510 g/mol. The number of pyridine rings is 1. The lowest BCUT2D eigenvalue weighted by molar-refractivity contribution is -0.274. The molecule has 0 saturated carbocycles. The fourth-order valence-electron chi connectivity index (χ4n) is 3.44. The van der Waals surface area contributed by atoms with Crippen molar-refractivity contribution in [2.45, 2.75) is 18.9 Å². The quantitative estimate of drug-likeness (QED) is 0.428. The number of carbonyl (C=O) groups is 1. The minimum Gasteiger partial charge on any atom is -0.433 e. The highest BCUT2D eigenvalue weighted by Gasteiger charge is 2.34. The molecule has 1 N–H and O–H groups in total. The summed E-state index contributed by atoms with van der Waals surface area (Å²) >= 11 is 0. The number of benzene rings is 2. The van der Waals surface area contributed by atoms with Gasteiger partial charge in [-0.2, -0.15) is 13.9 Å². The van der Waals surface area contributed by atoms with Gasteiger partial charge in [0.1, 0.15) is 17.3 Å². The molecule has 1 atom stereocenters. The Morgan fingerprint density at radius 3 is 2.25 bits per heavy atom. The SMILES string of the molecule is O=C(Nc1ccc(OC(F)(F)F)cc1)N1CC(c2ccc(OC(F)F)cn2)C(c2ccc(F)cc2)=N1. The molecule has 0 saturated heterocycles. The summed E-state index contributed by atoms with van der Waals surface area (Å²) in [4.78, 5) is 17.0. The van der Waals surface area contributed by atoms with Gasteiger partial charge in [0.2, 0.25) is 0 Å². The summed E-state index contributed by atoms with van der Waals surface area (Å²) in [6, 6.07) is 11.9. The van der Waals surface area contributed by atoms with Gasteiger partial charge in [-0.25, -0.2) is 14.2 Å². The lowest BCUT2D eigenvalue weighted by Gasteiger charge is -2.16. The van der Waals surface area contributed by atoms with Gasteiger partial charge in [-0.15, -0.1) is 13.2 Å². The lowest BCUT2D eigenvalue weighted by Crippen LogP contribution is -2.30. The molecular formula is C23H16F6N4O3. The Kier molecular flexibility index (Phi) is 6.99. The van der Waals surface area contributed by atoms with Crippen molar-refractivity contribution < 1.29 is 40.6 Å². The Labute approximate surface area is 200 Å². The molecule has 7 nitrogen and oxygen atoms in total. The number of nitrogens with one attached hydrogen (secondary N) is 1. The molecule has 0 fully saturated rings. The average Bonchev–Trinajstić information content (AvgIpc) is 3.26. The van der Waals surface area contributed by atoms with Gasteiger partial charge in [-0.3, -0.25) is 4.98 Å². The molecule has 0 bridgehead atoms. The maximum atomic E-state index is 13.4. The molecule has 1 aromatic heterocycles. The van der Waals surface area contributed by atoms with E-state index in [4.69, 9.17) is 0 Å². The molecule has 0 aliphatic carbocycles. The summed E-state index contributed by atoms with van der Waals surface area (Å²) < 4.78 is 83.4.